The summed E-state index contributed by atoms with van der Waals surface area (Å²) >= 11 is 0. The van der Waals surface area contributed by atoms with Crippen LogP contribution in [0.1, 0.15) is 26.3 Å². The van der Waals surface area contributed by atoms with Crippen molar-refractivity contribution in [2.24, 2.45) is 0 Å². The second kappa shape index (κ2) is 5.77. The molecule has 94 valence electrons. The lowest BCUT2D eigenvalue weighted by Crippen LogP contribution is -2.48. The van der Waals surface area contributed by atoms with Gasteiger partial charge in [0.2, 0.25) is 0 Å². The van der Waals surface area contributed by atoms with E-state index >= 15 is 0 Å². The average molecular weight is 239 g/mol. The highest BCUT2D eigenvalue weighted by Crippen LogP contribution is 2.25. The molecule has 0 amide bonds. The van der Waals surface area contributed by atoms with Crippen molar-refractivity contribution in [2.45, 2.75) is 26.3 Å². The SMILES string of the molecule is CCNC(C)(C(=O)OCC)c1ccccc1F. The van der Waals surface area contributed by atoms with E-state index in [1.165, 1.54) is 6.07 Å². The van der Waals surface area contributed by atoms with Crippen molar-refractivity contribution >= 4 is 5.97 Å². The van der Waals surface area contributed by atoms with Crippen molar-refractivity contribution in [3.63, 3.8) is 0 Å². The lowest BCUT2D eigenvalue weighted by molar-refractivity contribution is -0.151. The highest BCUT2D eigenvalue weighted by molar-refractivity contribution is 5.82. The molecule has 0 saturated heterocycles. The molecule has 0 aliphatic heterocycles. The quantitative estimate of drug-likeness (QED) is 0.801. The molecule has 0 bridgehead atoms. The van der Waals surface area contributed by atoms with Crippen LogP contribution in [-0.2, 0) is 15.1 Å². The topological polar surface area (TPSA) is 38.3 Å². The van der Waals surface area contributed by atoms with E-state index in [1.807, 2.05) is 6.92 Å². The third kappa shape index (κ3) is 2.82. The normalized spacial score (nSPS) is 14.1. The first-order valence-corrected chi connectivity index (χ1v) is 5.73. The maximum atomic E-state index is 13.8. The Morgan fingerprint density at radius 2 is 2.06 bits per heavy atom. The van der Waals surface area contributed by atoms with Gasteiger partial charge in [-0.05, 0) is 26.5 Å². The number of nitrogens with one attached hydrogen (secondary N) is 1. The molecule has 1 unspecified atom stereocenters. The summed E-state index contributed by atoms with van der Waals surface area (Å²) < 4.78 is 18.8. The van der Waals surface area contributed by atoms with Crippen LogP contribution < -0.4 is 5.32 Å². The van der Waals surface area contributed by atoms with Gasteiger partial charge in [-0.25, -0.2) is 9.18 Å². The predicted molar refractivity (Wildman–Crippen MR) is 64.1 cm³/mol. The fourth-order valence-corrected chi connectivity index (χ4v) is 1.77. The molecule has 0 aromatic heterocycles. The number of likely N-dealkylation sites (N-methyl/N-ethyl adjacent to an activating group) is 1. The molecule has 0 spiro atoms. The Morgan fingerprint density at radius 3 is 2.59 bits per heavy atom. The van der Waals surface area contributed by atoms with Crippen LogP contribution in [0.15, 0.2) is 24.3 Å². The number of rotatable bonds is 5. The average Bonchev–Trinajstić information content (AvgIpc) is 2.30. The van der Waals surface area contributed by atoms with Gasteiger partial charge in [0.05, 0.1) is 6.61 Å². The van der Waals surface area contributed by atoms with Gasteiger partial charge in [-0.1, -0.05) is 25.1 Å². The maximum Gasteiger partial charge on any atom is 0.330 e. The first-order chi connectivity index (χ1) is 8.06. The monoisotopic (exact) mass is 239 g/mol. The molecule has 0 radical (unpaired) electrons. The molecule has 0 heterocycles. The molecule has 0 saturated carbocycles. The first-order valence-electron chi connectivity index (χ1n) is 5.73. The van der Waals surface area contributed by atoms with Gasteiger partial charge in [0.1, 0.15) is 11.4 Å². The van der Waals surface area contributed by atoms with E-state index in [9.17, 15) is 9.18 Å². The van der Waals surface area contributed by atoms with E-state index in [2.05, 4.69) is 5.32 Å². The highest BCUT2D eigenvalue weighted by atomic mass is 19.1. The Morgan fingerprint density at radius 1 is 1.41 bits per heavy atom. The third-order valence-corrected chi connectivity index (χ3v) is 2.63. The van der Waals surface area contributed by atoms with Crippen LogP contribution in [0.3, 0.4) is 0 Å². The number of ether oxygens (including phenoxy) is 1. The van der Waals surface area contributed by atoms with Gasteiger partial charge in [-0.15, -0.1) is 0 Å². The van der Waals surface area contributed by atoms with Crippen molar-refractivity contribution in [3.8, 4) is 0 Å². The fraction of sp³-hybridized carbons (Fsp3) is 0.462. The van der Waals surface area contributed by atoms with E-state index in [1.54, 1.807) is 32.0 Å². The second-order valence-corrected chi connectivity index (χ2v) is 3.86. The van der Waals surface area contributed by atoms with Gasteiger partial charge < -0.3 is 4.74 Å². The van der Waals surface area contributed by atoms with Gasteiger partial charge in [-0.3, -0.25) is 5.32 Å². The zero-order valence-corrected chi connectivity index (χ0v) is 10.4. The minimum Gasteiger partial charge on any atom is -0.464 e. The van der Waals surface area contributed by atoms with Crippen LogP contribution in [-0.4, -0.2) is 19.1 Å². The maximum absolute atomic E-state index is 13.8. The van der Waals surface area contributed by atoms with Crippen molar-refractivity contribution in [3.05, 3.63) is 35.6 Å². The Bertz CT molecular complexity index is 395. The summed E-state index contributed by atoms with van der Waals surface area (Å²) in [7, 11) is 0. The molecular weight excluding hydrogens is 221 g/mol. The largest absolute Gasteiger partial charge is 0.464 e. The van der Waals surface area contributed by atoms with E-state index < -0.39 is 17.3 Å². The molecule has 3 nitrogen and oxygen atoms in total. The first kappa shape index (κ1) is 13.6. The summed E-state index contributed by atoms with van der Waals surface area (Å²) in [5.41, 5.74) is -0.837. The van der Waals surface area contributed by atoms with Crippen molar-refractivity contribution in [1.82, 2.24) is 5.32 Å². The molecule has 1 N–H and O–H groups in total. The van der Waals surface area contributed by atoms with E-state index in [4.69, 9.17) is 4.74 Å². The van der Waals surface area contributed by atoms with Gasteiger partial charge >= 0.3 is 5.97 Å². The number of hydrogen-bond donors (Lipinski definition) is 1. The Hall–Kier alpha value is -1.42. The number of benzene rings is 1. The molecule has 1 aromatic rings. The zero-order valence-electron chi connectivity index (χ0n) is 10.4. The number of carbonyl (C=O) groups excluding carboxylic acids is 1. The van der Waals surface area contributed by atoms with Crippen LogP contribution in [0.25, 0.3) is 0 Å². The molecule has 0 fully saturated rings. The molecule has 0 aliphatic carbocycles. The lowest BCUT2D eigenvalue weighted by Gasteiger charge is -2.28. The van der Waals surface area contributed by atoms with Gasteiger partial charge in [0.25, 0.3) is 0 Å². The van der Waals surface area contributed by atoms with Crippen LogP contribution in [0, 0.1) is 5.82 Å². The van der Waals surface area contributed by atoms with Crippen molar-refractivity contribution in [1.29, 1.82) is 0 Å². The third-order valence-electron chi connectivity index (χ3n) is 2.63. The number of esters is 1. The Labute approximate surface area is 101 Å². The van der Waals surface area contributed by atoms with Crippen LogP contribution in [0.4, 0.5) is 4.39 Å². The highest BCUT2D eigenvalue weighted by Gasteiger charge is 2.37. The van der Waals surface area contributed by atoms with Crippen LogP contribution >= 0.6 is 0 Å². The fourth-order valence-electron chi connectivity index (χ4n) is 1.77. The molecule has 1 rings (SSSR count). The zero-order chi connectivity index (χ0) is 12.9. The Balaban J connectivity index is 3.15. The van der Waals surface area contributed by atoms with E-state index in [0.29, 0.717) is 12.1 Å². The number of halogens is 1. The minimum absolute atomic E-state index is 0.272. The predicted octanol–water partition coefficient (Wildman–Crippen LogP) is 2.21. The van der Waals surface area contributed by atoms with Gasteiger partial charge in [-0.2, -0.15) is 0 Å². The van der Waals surface area contributed by atoms with E-state index in [0.717, 1.165) is 0 Å². The summed E-state index contributed by atoms with van der Waals surface area (Å²) in [5.74, 6) is -0.879. The summed E-state index contributed by atoms with van der Waals surface area (Å²) in [6.07, 6.45) is 0. The lowest BCUT2D eigenvalue weighted by atomic mass is 9.91. The van der Waals surface area contributed by atoms with Gasteiger partial charge in [0, 0.05) is 5.56 Å². The molecule has 1 atom stereocenters. The van der Waals surface area contributed by atoms with E-state index in [-0.39, 0.29) is 6.61 Å². The molecular formula is C13H18FNO2. The number of hydrogen-bond acceptors (Lipinski definition) is 3. The molecule has 17 heavy (non-hydrogen) atoms. The van der Waals surface area contributed by atoms with Crippen molar-refractivity contribution < 1.29 is 13.9 Å². The molecule has 4 heteroatoms. The summed E-state index contributed by atoms with van der Waals surface area (Å²) in [4.78, 5) is 12.0. The summed E-state index contributed by atoms with van der Waals surface area (Å²) in [6.45, 7) is 6.04. The Kier molecular flexibility index (Phi) is 4.63. The van der Waals surface area contributed by atoms with Crippen LogP contribution in [0.2, 0.25) is 0 Å². The minimum atomic E-state index is -1.14. The molecule has 1 aromatic carbocycles. The smallest absolute Gasteiger partial charge is 0.330 e. The standard InChI is InChI=1S/C13H18FNO2/c1-4-15-13(3,12(16)17-5-2)10-8-6-7-9-11(10)14/h6-9,15H,4-5H2,1-3H3. The summed E-state index contributed by atoms with van der Waals surface area (Å²) in [5, 5.41) is 2.99. The summed E-state index contributed by atoms with van der Waals surface area (Å²) in [6, 6.07) is 6.22. The molecule has 0 aliphatic rings. The van der Waals surface area contributed by atoms with Crippen LogP contribution in [0.5, 0.6) is 0 Å². The van der Waals surface area contributed by atoms with Crippen molar-refractivity contribution in [2.75, 3.05) is 13.2 Å². The second-order valence-electron chi connectivity index (χ2n) is 3.86. The van der Waals surface area contributed by atoms with Gasteiger partial charge in [0.15, 0.2) is 0 Å². The number of carbonyl (C=O) groups is 1.